The maximum atomic E-state index is 13.2. The lowest BCUT2D eigenvalue weighted by molar-refractivity contribution is 0.103. The SMILES string of the molecule is CCCC(c1ccc(F)cc1)N1CCN(C(=O)NCc2ccccc2)CC1.Cl. The van der Waals surface area contributed by atoms with E-state index in [9.17, 15) is 9.18 Å². The zero-order chi connectivity index (χ0) is 19.1. The average molecular weight is 406 g/mol. The Morgan fingerprint density at radius 2 is 1.68 bits per heavy atom. The Hall–Kier alpha value is -2.11. The van der Waals surface area contributed by atoms with E-state index >= 15 is 0 Å². The van der Waals surface area contributed by atoms with Gasteiger partial charge in [-0.15, -0.1) is 12.4 Å². The molecule has 0 aromatic heterocycles. The number of piperazine rings is 1. The Labute approximate surface area is 173 Å². The zero-order valence-electron chi connectivity index (χ0n) is 16.3. The molecule has 1 fully saturated rings. The molecule has 3 rings (SSSR count). The van der Waals surface area contributed by atoms with Gasteiger partial charge in [-0.25, -0.2) is 9.18 Å². The molecule has 0 bridgehead atoms. The molecule has 152 valence electrons. The van der Waals surface area contributed by atoms with E-state index in [4.69, 9.17) is 0 Å². The predicted octanol–water partition coefficient (Wildman–Crippen LogP) is 4.62. The van der Waals surface area contributed by atoms with Crippen molar-refractivity contribution in [2.75, 3.05) is 26.2 Å². The Morgan fingerprint density at radius 1 is 1.04 bits per heavy atom. The molecule has 6 heteroatoms. The van der Waals surface area contributed by atoms with Gasteiger partial charge in [0.1, 0.15) is 5.82 Å². The minimum Gasteiger partial charge on any atom is -0.334 e. The first-order valence-corrected chi connectivity index (χ1v) is 9.73. The van der Waals surface area contributed by atoms with Gasteiger partial charge < -0.3 is 10.2 Å². The van der Waals surface area contributed by atoms with Crippen molar-refractivity contribution >= 4 is 18.4 Å². The Kier molecular flexibility index (Phi) is 8.74. The van der Waals surface area contributed by atoms with Crippen LogP contribution in [0.4, 0.5) is 9.18 Å². The van der Waals surface area contributed by atoms with Gasteiger partial charge in [-0.3, -0.25) is 4.90 Å². The Morgan fingerprint density at radius 3 is 2.29 bits per heavy atom. The van der Waals surface area contributed by atoms with Crippen LogP contribution in [0.2, 0.25) is 0 Å². The molecule has 1 saturated heterocycles. The van der Waals surface area contributed by atoms with Crippen LogP contribution in [0.5, 0.6) is 0 Å². The lowest BCUT2D eigenvalue weighted by atomic mass is 10.00. The predicted molar refractivity (Wildman–Crippen MR) is 113 cm³/mol. The van der Waals surface area contributed by atoms with E-state index in [1.165, 1.54) is 12.1 Å². The molecule has 2 aromatic carbocycles. The van der Waals surface area contributed by atoms with Crippen molar-refractivity contribution in [3.05, 3.63) is 71.5 Å². The highest BCUT2D eigenvalue weighted by atomic mass is 35.5. The summed E-state index contributed by atoms with van der Waals surface area (Å²) in [6.45, 7) is 5.81. The maximum absolute atomic E-state index is 13.2. The quantitative estimate of drug-likeness (QED) is 0.761. The van der Waals surface area contributed by atoms with Crippen molar-refractivity contribution in [2.45, 2.75) is 32.4 Å². The van der Waals surface area contributed by atoms with Crippen molar-refractivity contribution in [1.29, 1.82) is 0 Å². The third kappa shape index (κ3) is 5.94. The van der Waals surface area contributed by atoms with Crippen molar-refractivity contribution in [1.82, 2.24) is 15.1 Å². The number of amides is 2. The fraction of sp³-hybridized carbons (Fsp3) is 0.409. The van der Waals surface area contributed by atoms with Gasteiger partial charge >= 0.3 is 6.03 Å². The third-order valence-corrected chi connectivity index (χ3v) is 5.15. The molecule has 1 atom stereocenters. The molecule has 28 heavy (non-hydrogen) atoms. The number of nitrogens with zero attached hydrogens (tertiary/aromatic N) is 2. The molecule has 0 radical (unpaired) electrons. The molecule has 2 aromatic rings. The van der Waals surface area contributed by atoms with Gasteiger partial charge in [-0.1, -0.05) is 55.8 Å². The van der Waals surface area contributed by atoms with E-state index in [1.54, 1.807) is 0 Å². The number of urea groups is 1. The smallest absolute Gasteiger partial charge is 0.317 e. The van der Waals surface area contributed by atoms with Gasteiger partial charge in [-0.2, -0.15) is 0 Å². The number of benzene rings is 2. The molecule has 0 saturated carbocycles. The third-order valence-electron chi connectivity index (χ3n) is 5.15. The van der Waals surface area contributed by atoms with Crippen LogP contribution in [-0.4, -0.2) is 42.0 Å². The Bertz CT molecular complexity index is 718. The fourth-order valence-corrected chi connectivity index (χ4v) is 3.64. The average Bonchev–Trinajstić information content (AvgIpc) is 2.72. The van der Waals surface area contributed by atoms with Gasteiger partial charge in [0.25, 0.3) is 0 Å². The second-order valence-electron chi connectivity index (χ2n) is 7.02. The number of halogens is 2. The van der Waals surface area contributed by atoms with Crippen LogP contribution in [0.1, 0.15) is 36.9 Å². The van der Waals surface area contributed by atoms with Crippen LogP contribution in [0.25, 0.3) is 0 Å². The van der Waals surface area contributed by atoms with Crippen LogP contribution in [-0.2, 0) is 6.54 Å². The van der Waals surface area contributed by atoms with Crippen LogP contribution >= 0.6 is 12.4 Å². The minimum atomic E-state index is -0.200. The highest BCUT2D eigenvalue weighted by Crippen LogP contribution is 2.27. The normalized spacial score (nSPS) is 15.6. The van der Waals surface area contributed by atoms with Crippen LogP contribution in [0.15, 0.2) is 54.6 Å². The van der Waals surface area contributed by atoms with E-state index in [0.29, 0.717) is 19.6 Å². The number of carbonyl (C=O) groups is 1. The first-order chi connectivity index (χ1) is 13.2. The van der Waals surface area contributed by atoms with Crippen LogP contribution in [0.3, 0.4) is 0 Å². The number of hydrogen-bond acceptors (Lipinski definition) is 2. The standard InChI is InChI=1S/C22H28FN3O.ClH/c1-2-6-21(19-9-11-20(23)12-10-19)25-13-15-26(16-14-25)22(27)24-17-18-7-4-3-5-8-18;/h3-5,7-12,21H,2,6,13-17H2,1H3,(H,24,27);1H. The van der Waals surface area contributed by atoms with E-state index in [1.807, 2.05) is 47.4 Å². The second-order valence-corrected chi connectivity index (χ2v) is 7.02. The summed E-state index contributed by atoms with van der Waals surface area (Å²) in [6.07, 6.45) is 2.10. The second kappa shape index (κ2) is 11.0. The summed E-state index contributed by atoms with van der Waals surface area (Å²) in [5, 5.41) is 3.00. The molecule has 0 aliphatic carbocycles. The molecule has 4 nitrogen and oxygen atoms in total. The molecule has 1 aliphatic rings. The maximum Gasteiger partial charge on any atom is 0.317 e. The fourth-order valence-electron chi connectivity index (χ4n) is 3.64. The van der Waals surface area contributed by atoms with E-state index < -0.39 is 0 Å². The minimum absolute atomic E-state index is 0. The molecule has 1 unspecified atom stereocenters. The summed E-state index contributed by atoms with van der Waals surface area (Å²) in [4.78, 5) is 16.7. The monoisotopic (exact) mass is 405 g/mol. The molecular weight excluding hydrogens is 377 g/mol. The molecular formula is C22H29ClFN3O. The zero-order valence-corrected chi connectivity index (χ0v) is 17.1. The van der Waals surface area contributed by atoms with Crippen LogP contribution in [0, 0.1) is 5.82 Å². The largest absolute Gasteiger partial charge is 0.334 e. The number of nitrogens with one attached hydrogen (secondary N) is 1. The highest BCUT2D eigenvalue weighted by Gasteiger charge is 2.26. The van der Waals surface area contributed by atoms with Gasteiger partial charge in [0.2, 0.25) is 0 Å². The molecule has 1 aliphatic heterocycles. The molecule has 0 spiro atoms. The lowest BCUT2D eigenvalue weighted by Crippen LogP contribution is -2.52. The van der Waals surface area contributed by atoms with Crippen molar-refractivity contribution in [3.63, 3.8) is 0 Å². The van der Waals surface area contributed by atoms with E-state index in [-0.39, 0.29) is 30.3 Å². The van der Waals surface area contributed by atoms with Crippen molar-refractivity contribution < 1.29 is 9.18 Å². The summed E-state index contributed by atoms with van der Waals surface area (Å²) in [7, 11) is 0. The van der Waals surface area contributed by atoms with E-state index in [0.717, 1.165) is 37.1 Å². The van der Waals surface area contributed by atoms with Crippen molar-refractivity contribution in [3.8, 4) is 0 Å². The topological polar surface area (TPSA) is 35.6 Å². The van der Waals surface area contributed by atoms with Gasteiger partial charge in [0.05, 0.1) is 0 Å². The summed E-state index contributed by atoms with van der Waals surface area (Å²) in [6, 6.07) is 17.1. The Balaban J connectivity index is 0.00000280. The first-order valence-electron chi connectivity index (χ1n) is 9.73. The lowest BCUT2D eigenvalue weighted by Gasteiger charge is -2.39. The number of rotatable bonds is 6. The molecule has 2 amide bonds. The van der Waals surface area contributed by atoms with E-state index in [2.05, 4.69) is 17.1 Å². The highest BCUT2D eigenvalue weighted by molar-refractivity contribution is 5.85. The number of carbonyl (C=O) groups excluding carboxylic acids is 1. The first kappa shape index (κ1) is 22.2. The summed E-state index contributed by atoms with van der Waals surface area (Å²) in [5.74, 6) is -0.200. The summed E-state index contributed by atoms with van der Waals surface area (Å²) >= 11 is 0. The van der Waals surface area contributed by atoms with Crippen LogP contribution < -0.4 is 5.32 Å². The van der Waals surface area contributed by atoms with Gasteiger partial charge in [0.15, 0.2) is 0 Å². The molecule has 1 heterocycles. The summed E-state index contributed by atoms with van der Waals surface area (Å²) < 4.78 is 13.2. The van der Waals surface area contributed by atoms with Gasteiger partial charge in [-0.05, 0) is 29.7 Å². The van der Waals surface area contributed by atoms with Gasteiger partial charge in [0, 0.05) is 38.8 Å². The van der Waals surface area contributed by atoms with Crippen molar-refractivity contribution in [2.24, 2.45) is 0 Å². The number of hydrogen-bond donors (Lipinski definition) is 1. The molecule has 1 N–H and O–H groups in total. The summed E-state index contributed by atoms with van der Waals surface area (Å²) in [5.41, 5.74) is 2.25.